The van der Waals surface area contributed by atoms with Gasteiger partial charge in [0.05, 0.1) is 12.2 Å². The van der Waals surface area contributed by atoms with Crippen molar-refractivity contribution >= 4 is 17.7 Å². The average molecular weight is 310 g/mol. The van der Waals surface area contributed by atoms with Gasteiger partial charge >= 0.3 is 6.09 Å². The number of carbonyl (C=O) groups excluding carboxylic acids is 1. The van der Waals surface area contributed by atoms with Gasteiger partial charge in [0, 0.05) is 18.0 Å². The van der Waals surface area contributed by atoms with Crippen molar-refractivity contribution < 1.29 is 9.53 Å². The lowest BCUT2D eigenvalue weighted by Gasteiger charge is -2.31. The number of halogens is 1. The molecule has 0 aromatic carbocycles. The molecule has 0 spiro atoms. The summed E-state index contributed by atoms with van der Waals surface area (Å²) < 4.78 is 5.42. The Kier molecular flexibility index (Phi) is 3.56. The third-order valence-electron chi connectivity index (χ3n) is 3.63. The van der Waals surface area contributed by atoms with E-state index in [0.29, 0.717) is 30.6 Å². The number of hydrogen-bond donors (Lipinski definition) is 0. The lowest BCUT2D eigenvalue weighted by atomic mass is 10.1. The Bertz CT molecular complexity index is 579. The average Bonchev–Trinajstić information content (AvgIpc) is 3.20. The van der Waals surface area contributed by atoms with Crippen molar-refractivity contribution in [2.24, 2.45) is 0 Å². The highest BCUT2D eigenvalue weighted by Gasteiger charge is 2.31. The van der Waals surface area contributed by atoms with Crippen LogP contribution in [-0.2, 0) is 17.7 Å². The van der Waals surface area contributed by atoms with Crippen LogP contribution in [0.4, 0.5) is 4.79 Å². The first kappa shape index (κ1) is 14.6. The van der Waals surface area contributed by atoms with E-state index in [0.717, 1.165) is 29.9 Å². The Hall–Kier alpha value is -1.36. The summed E-state index contributed by atoms with van der Waals surface area (Å²) in [5.41, 5.74) is 1.36. The molecule has 2 aliphatic rings. The van der Waals surface area contributed by atoms with E-state index >= 15 is 0 Å². The van der Waals surface area contributed by atoms with Crippen molar-refractivity contribution in [1.82, 2.24) is 14.9 Å². The van der Waals surface area contributed by atoms with Gasteiger partial charge in [0.1, 0.15) is 16.6 Å². The second kappa shape index (κ2) is 5.13. The number of rotatable bonds is 1. The molecule has 1 saturated carbocycles. The fourth-order valence-corrected chi connectivity index (χ4v) is 2.70. The van der Waals surface area contributed by atoms with Crippen LogP contribution >= 0.6 is 11.6 Å². The SMILES string of the molecule is CC(C)(C)OC(=O)N1CCc2c(Cl)nc(C3CC3)nc2C1. The first-order chi connectivity index (χ1) is 9.83. The summed E-state index contributed by atoms with van der Waals surface area (Å²) in [4.78, 5) is 22.9. The number of carbonyl (C=O) groups is 1. The maximum absolute atomic E-state index is 12.2. The van der Waals surface area contributed by atoms with E-state index in [4.69, 9.17) is 16.3 Å². The van der Waals surface area contributed by atoms with E-state index in [1.54, 1.807) is 4.90 Å². The normalized spacial score (nSPS) is 18.4. The molecule has 1 fully saturated rings. The summed E-state index contributed by atoms with van der Waals surface area (Å²) in [7, 11) is 0. The first-order valence-electron chi connectivity index (χ1n) is 7.36. The summed E-state index contributed by atoms with van der Waals surface area (Å²) >= 11 is 6.27. The van der Waals surface area contributed by atoms with Gasteiger partial charge in [-0.05, 0) is 40.0 Å². The van der Waals surface area contributed by atoms with Gasteiger partial charge in [-0.2, -0.15) is 0 Å². The van der Waals surface area contributed by atoms with Crippen LogP contribution in [-0.4, -0.2) is 33.1 Å². The number of ether oxygens (including phenoxy) is 1. The largest absolute Gasteiger partial charge is 0.444 e. The smallest absolute Gasteiger partial charge is 0.410 e. The molecule has 1 aromatic rings. The Morgan fingerprint density at radius 1 is 1.33 bits per heavy atom. The van der Waals surface area contributed by atoms with Crippen molar-refractivity contribution in [3.63, 3.8) is 0 Å². The third-order valence-corrected chi connectivity index (χ3v) is 3.94. The lowest BCUT2D eigenvalue weighted by Crippen LogP contribution is -2.40. The predicted molar refractivity (Wildman–Crippen MR) is 79.4 cm³/mol. The van der Waals surface area contributed by atoms with Crippen molar-refractivity contribution in [3.05, 3.63) is 22.2 Å². The molecule has 1 amide bonds. The van der Waals surface area contributed by atoms with Crippen molar-refractivity contribution in [2.75, 3.05) is 6.54 Å². The molecule has 2 heterocycles. The van der Waals surface area contributed by atoms with Crippen molar-refractivity contribution in [3.8, 4) is 0 Å². The van der Waals surface area contributed by atoms with Crippen LogP contribution in [0.1, 0.15) is 56.6 Å². The summed E-state index contributed by atoms with van der Waals surface area (Å²) in [5.74, 6) is 1.27. The number of fused-ring (bicyclic) bond motifs is 1. The number of hydrogen-bond acceptors (Lipinski definition) is 4. The Balaban J connectivity index is 1.79. The highest BCUT2D eigenvalue weighted by atomic mass is 35.5. The maximum atomic E-state index is 12.2. The van der Waals surface area contributed by atoms with Crippen LogP contribution < -0.4 is 0 Å². The van der Waals surface area contributed by atoms with Gasteiger partial charge in [-0.1, -0.05) is 11.6 Å². The second-order valence-corrected chi connectivity index (χ2v) is 7.08. The summed E-state index contributed by atoms with van der Waals surface area (Å²) in [6.45, 7) is 6.65. The molecule has 3 rings (SSSR count). The Morgan fingerprint density at radius 2 is 2.05 bits per heavy atom. The van der Waals surface area contributed by atoms with E-state index in [1.807, 2.05) is 20.8 Å². The lowest BCUT2D eigenvalue weighted by molar-refractivity contribution is 0.0220. The van der Waals surface area contributed by atoms with Gasteiger partial charge in [0.25, 0.3) is 0 Å². The van der Waals surface area contributed by atoms with Gasteiger partial charge in [0.15, 0.2) is 0 Å². The number of nitrogens with zero attached hydrogens (tertiary/aromatic N) is 3. The van der Waals surface area contributed by atoms with E-state index in [2.05, 4.69) is 9.97 Å². The number of amides is 1. The third kappa shape index (κ3) is 3.28. The zero-order valence-electron chi connectivity index (χ0n) is 12.6. The quantitative estimate of drug-likeness (QED) is 0.747. The molecule has 0 atom stereocenters. The van der Waals surface area contributed by atoms with E-state index < -0.39 is 5.60 Å². The van der Waals surface area contributed by atoms with Crippen LogP contribution in [0.3, 0.4) is 0 Å². The van der Waals surface area contributed by atoms with Crippen molar-refractivity contribution in [2.45, 2.75) is 58.1 Å². The minimum absolute atomic E-state index is 0.296. The van der Waals surface area contributed by atoms with Crippen LogP contribution in [0.2, 0.25) is 5.15 Å². The molecule has 0 N–H and O–H groups in total. The molecule has 0 bridgehead atoms. The Labute approximate surface area is 129 Å². The molecular formula is C15H20ClN3O2. The number of aromatic nitrogens is 2. The molecule has 0 unspecified atom stereocenters. The van der Waals surface area contributed by atoms with Crippen molar-refractivity contribution in [1.29, 1.82) is 0 Å². The van der Waals surface area contributed by atoms with E-state index in [9.17, 15) is 4.79 Å². The summed E-state index contributed by atoms with van der Waals surface area (Å²) in [5, 5.41) is 0.547. The van der Waals surface area contributed by atoms with E-state index in [-0.39, 0.29) is 6.09 Å². The van der Waals surface area contributed by atoms with Gasteiger partial charge in [-0.3, -0.25) is 0 Å². The second-order valence-electron chi connectivity index (χ2n) is 6.72. The van der Waals surface area contributed by atoms with E-state index in [1.165, 1.54) is 0 Å². The first-order valence-corrected chi connectivity index (χ1v) is 7.74. The van der Waals surface area contributed by atoms with Crippen LogP contribution in [0.15, 0.2) is 0 Å². The Morgan fingerprint density at radius 3 is 2.67 bits per heavy atom. The molecule has 1 aliphatic carbocycles. The highest BCUT2D eigenvalue weighted by Crippen LogP contribution is 2.39. The van der Waals surface area contributed by atoms with Gasteiger partial charge in [-0.25, -0.2) is 14.8 Å². The highest BCUT2D eigenvalue weighted by molar-refractivity contribution is 6.30. The molecule has 6 heteroatoms. The molecule has 114 valence electrons. The standard InChI is InChI=1S/C15H20ClN3O2/c1-15(2,3)21-14(20)19-7-6-10-11(8-19)17-13(9-4-5-9)18-12(10)16/h9H,4-8H2,1-3H3. The van der Waals surface area contributed by atoms with Gasteiger partial charge in [-0.15, -0.1) is 0 Å². The van der Waals surface area contributed by atoms with Crippen LogP contribution in [0, 0.1) is 0 Å². The zero-order valence-corrected chi connectivity index (χ0v) is 13.4. The molecular weight excluding hydrogens is 290 g/mol. The monoisotopic (exact) mass is 309 g/mol. The van der Waals surface area contributed by atoms with Gasteiger partial charge in [0.2, 0.25) is 0 Å². The molecule has 0 saturated heterocycles. The fraction of sp³-hybridized carbons (Fsp3) is 0.667. The summed E-state index contributed by atoms with van der Waals surface area (Å²) in [6.07, 6.45) is 2.64. The van der Waals surface area contributed by atoms with Crippen LogP contribution in [0.5, 0.6) is 0 Å². The molecule has 21 heavy (non-hydrogen) atoms. The van der Waals surface area contributed by atoms with Gasteiger partial charge < -0.3 is 9.64 Å². The zero-order chi connectivity index (χ0) is 15.2. The fourth-order valence-electron chi connectivity index (χ4n) is 2.41. The molecule has 1 aliphatic heterocycles. The van der Waals surface area contributed by atoms with Crippen LogP contribution in [0.25, 0.3) is 0 Å². The summed E-state index contributed by atoms with van der Waals surface area (Å²) in [6, 6.07) is 0. The topological polar surface area (TPSA) is 55.3 Å². The minimum Gasteiger partial charge on any atom is -0.444 e. The maximum Gasteiger partial charge on any atom is 0.410 e. The molecule has 1 aromatic heterocycles. The minimum atomic E-state index is -0.486. The molecule has 0 radical (unpaired) electrons. The predicted octanol–water partition coefficient (Wildman–Crippen LogP) is 3.30. The molecule has 5 nitrogen and oxygen atoms in total.